The topological polar surface area (TPSA) is 78.8 Å². The molecule has 0 aromatic heterocycles. The highest BCUT2D eigenvalue weighted by atomic mass is 16.5. The summed E-state index contributed by atoms with van der Waals surface area (Å²) in [4.78, 5) is 12.4. The normalized spacial score (nSPS) is 25.6. The van der Waals surface area contributed by atoms with Crippen molar-refractivity contribution in [3.63, 3.8) is 0 Å². The van der Waals surface area contributed by atoms with Gasteiger partial charge in [-0.05, 0) is 29.7 Å². The van der Waals surface area contributed by atoms with Crippen molar-refractivity contribution in [1.82, 2.24) is 5.32 Å². The Bertz CT molecular complexity index is 701. The monoisotopic (exact) mass is 341 g/mol. The van der Waals surface area contributed by atoms with Crippen molar-refractivity contribution in [3.05, 3.63) is 65.7 Å². The molecule has 1 fully saturated rings. The maximum Gasteiger partial charge on any atom is 0.224 e. The van der Waals surface area contributed by atoms with E-state index in [9.17, 15) is 15.0 Å². The molecule has 0 saturated heterocycles. The molecular weight excluding hydrogens is 318 g/mol. The molecule has 5 heteroatoms. The van der Waals surface area contributed by atoms with E-state index >= 15 is 0 Å². The summed E-state index contributed by atoms with van der Waals surface area (Å²) in [5.74, 6) is 0.456. The first-order valence-corrected chi connectivity index (χ1v) is 8.42. The zero-order valence-corrected chi connectivity index (χ0v) is 14.1. The molecule has 3 rings (SSSR count). The van der Waals surface area contributed by atoms with Crippen LogP contribution in [0.4, 0.5) is 0 Å². The van der Waals surface area contributed by atoms with E-state index in [1.54, 1.807) is 7.11 Å². The number of carbonyl (C=O) groups is 1. The Morgan fingerprint density at radius 1 is 1.12 bits per heavy atom. The lowest BCUT2D eigenvalue weighted by Gasteiger charge is -2.24. The number of carbonyl (C=O) groups excluding carboxylic acids is 1. The number of ether oxygens (including phenoxy) is 1. The predicted octanol–water partition coefficient (Wildman–Crippen LogP) is 1.63. The van der Waals surface area contributed by atoms with Crippen LogP contribution in [0.3, 0.4) is 0 Å². The minimum Gasteiger partial charge on any atom is -0.497 e. The molecule has 0 aliphatic heterocycles. The van der Waals surface area contributed by atoms with Gasteiger partial charge in [0.25, 0.3) is 0 Å². The van der Waals surface area contributed by atoms with Crippen LogP contribution in [0.2, 0.25) is 0 Å². The van der Waals surface area contributed by atoms with E-state index in [0.29, 0.717) is 6.42 Å². The molecule has 0 spiro atoms. The van der Waals surface area contributed by atoms with E-state index in [-0.39, 0.29) is 18.2 Å². The lowest BCUT2D eigenvalue weighted by molar-refractivity contribution is -0.122. The summed E-state index contributed by atoms with van der Waals surface area (Å²) in [6.07, 6.45) is -1.16. The van der Waals surface area contributed by atoms with Crippen LogP contribution in [-0.2, 0) is 11.2 Å². The van der Waals surface area contributed by atoms with Gasteiger partial charge in [-0.25, -0.2) is 0 Å². The summed E-state index contributed by atoms with van der Waals surface area (Å²) < 4.78 is 5.11. The number of amides is 1. The van der Waals surface area contributed by atoms with Crippen molar-refractivity contribution in [1.29, 1.82) is 0 Å². The van der Waals surface area contributed by atoms with Gasteiger partial charge in [-0.15, -0.1) is 0 Å². The second-order valence-corrected chi connectivity index (χ2v) is 6.43. The van der Waals surface area contributed by atoms with Crippen LogP contribution in [0.1, 0.15) is 23.5 Å². The summed E-state index contributed by atoms with van der Waals surface area (Å²) in [7, 11) is 1.60. The molecule has 1 amide bonds. The minimum atomic E-state index is -0.968. The molecule has 2 aromatic rings. The Balaban J connectivity index is 1.69. The van der Waals surface area contributed by atoms with Crippen molar-refractivity contribution in [2.24, 2.45) is 0 Å². The van der Waals surface area contributed by atoms with Gasteiger partial charge in [0.1, 0.15) is 11.9 Å². The third-order valence-corrected chi connectivity index (χ3v) is 4.77. The molecule has 132 valence electrons. The van der Waals surface area contributed by atoms with E-state index in [1.165, 1.54) is 0 Å². The molecule has 5 nitrogen and oxygen atoms in total. The number of benzene rings is 2. The Morgan fingerprint density at radius 3 is 2.44 bits per heavy atom. The third kappa shape index (κ3) is 4.00. The molecule has 4 atom stereocenters. The number of hydrogen-bond donors (Lipinski definition) is 3. The molecular formula is C20H23NO4. The van der Waals surface area contributed by atoms with Crippen molar-refractivity contribution in [2.45, 2.75) is 37.0 Å². The first-order chi connectivity index (χ1) is 12.1. The molecule has 1 aliphatic carbocycles. The van der Waals surface area contributed by atoms with E-state index < -0.39 is 18.2 Å². The van der Waals surface area contributed by atoms with Crippen LogP contribution in [0.5, 0.6) is 5.75 Å². The smallest absolute Gasteiger partial charge is 0.224 e. The third-order valence-electron chi connectivity index (χ3n) is 4.77. The SMILES string of the molecule is COc1ccc(CC(=O)NC2C(c3ccccc3)CC(O)C2O)cc1. The Morgan fingerprint density at radius 2 is 1.80 bits per heavy atom. The first-order valence-electron chi connectivity index (χ1n) is 8.42. The van der Waals surface area contributed by atoms with Gasteiger partial charge in [0.15, 0.2) is 0 Å². The standard InChI is InChI=1S/C20H23NO4/c1-25-15-9-7-13(8-10-15)11-18(23)21-19-16(12-17(22)20(19)24)14-5-3-2-4-6-14/h2-10,16-17,19-20,22,24H,11-12H2,1H3,(H,21,23). The van der Waals surface area contributed by atoms with Gasteiger partial charge in [0.05, 0.1) is 25.7 Å². The highest BCUT2D eigenvalue weighted by Gasteiger charge is 2.42. The molecule has 25 heavy (non-hydrogen) atoms. The fourth-order valence-electron chi connectivity index (χ4n) is 3.42. The predicted molar refractivity (Wildman–Crippen MR) is 94.4 cm³/mol. The van der Waals surface area contributed by atoms with Crippen LogP contribution >= 0.6 is 0 Å². The fourth-order valence-corrected chi connectivity index (χ4v) is 3.42. The Kier molecular flexibility index (Phi) is 5.36. The quantitative estimate of drug-likeness (QED) is 0.772. The van der Waals surface area contributed by atoms with Crippen LogP contribution in [0, 0.1) is 0 Å². The molecule has 0 heterocycles. The Labute approximate surface area is 147 Å². The number of aliphatic hydroxyl groups excluding tert-OH is 2. The molecule has 1 saturated carbocycles. The largest absolute Gasteiger partial charge is 0.497 e. The van der Waals surface area contributed by atoms with Crippen molar-refractivity contribution >= 4 is 5.91 Å². The molecule has 1 aliphatic rings. The van der Waals surface area contributed by atoms with Gasteiger partial charge in [0, 0.05) is 5.92 Å². The van der Waals surface area contributed by atoms with E-state index in [4.69, 9.17) is 4.74 Å². The number of methoxy groups -OCH3 is 1. The van der Waals surface area contributed by atoms with Gasteiger partial charge in [-0.3, -0.25) is 4.79 Å². The zero-order chi connectivity index (χ0) is 17.8. The Hall–Kier alpha value is -2.37. The number of aliphatic hydroxyl groups is 2. The lowest BCUT2D eigenvalue weighted by Crippen LogP contribution is -2.45. The van der Waals surface area contributed by atoms with Crippen molar-refractivity contribution < 1.29 is 19.7 Å². The van der Waals surface area contributed by atoms with Gasteiger partial charge in [-0.1, -0.05) is 42.5 Å². The molecule has 0 bridgehead atoms. The zero-order valence-electron chi connectivity index (χ0n) is 14.1. The van der Waals surface area contributed by atoms with E-state index in [2.05, 4.69) is 5.32 Å². The number of hydrogen-bond acceptors (Lipinski definition) is 4. The van der Waals surface area contributed by atoms with E-state index in [1.807, 2.05) is 54.6 Å². The van der Waals surface area contributed by atoms with Crippen LogP contribution in [-0.4, -0.2) is 41.5 Å². The summed E-state index contributed by atoms with van der Waals surface area (Å²) in [6, 6.07) is 16.5. The van der Waals surface area contributed by atoms with Gasteiger partial charge >= 0.3 is 0 Å². The average Bonchev–Trinajstić information content (AvgIpc) is 2.91. The van der Waals surface area contributed by atoms with Crippen LogP contribution in [0.25, 0.3) is 0 Å². The van der Waals surface area contributed by atoms with Crippen molar-refractivity contribution in [3.8, 4) is 5.75 Å². The van der Waals surface area contributed by atoms with Gasteiger partial charge in [-0.2, -0.15) is 0 Å². The molecule has 2 aromatic carbocycles. The first kappa shape index (κ1) is 17.5. The summed E-state index contributed by atoms with van der Waals surface area (Å²) in [5, 5.41) is 23.2. The maximum absolute atomic E-state index is 12.4. The van der Waals surface area contributed by atoms with E-state index in [0.717, 1.165) is 16.9 Å². The average molecular weight is 341 g/mol. The number of rotatable bonds is 5. The second-order valence-electron chi connectivity index (χ2n) is 6.43. The number of nitrogens with one attached hydrogen (secondary N) is 1. The summed E-state index contributed by atoms with van der Waals surface area (Å²) in [5.41, 5.74) is 1.87. The summed E-state index contributed by atoms with van der Waals surface area (Å²) in [6.45, 7) is 0. The summed E-state index contributed by atoms with van der Waals surface area (Å²) >= 11 is 0. The van der Waals surface area contributed by atoms with Crippen LogP contribution in [0.15, 0.2) is 54.6 Å². The van der Waals surface area contributed by atoms with Crippen LogP contribution < -0.4 is 10.1 Å². The minimum absolute atomic E-state index is 0.106. The highest BCUT2D eigenvalue weighted by Crippen LogP contribution is 2.35. The molecule has 0 radical (unpaired) electrons. The lowest BCUT2D eigenvalue weighted by atomic mass is 9.93. The maximum atomic E-state index is 12.4. The fraction of sp³-hybridized carbons (Fsp3) is 0.350. The highest BCUT2D eigenvalue weighted by molar-refractivity contribution is 5.79. The van der Waals surface area contributed by atoms with Gasteiger partial charge in [0.2, 0.25) is 5.91 Å². The second kappa shape index (κ2) is 7.68. The molecule has 3 N–H and O–H groups in total. The van der Waals surface area contributed by atoms with Crippen molar-refractivity contribution in [2.75, 3.05) is 7.11 Å². The van der Waals surface area contributed by atoms with Gasteiger partial charge < -0.3 is 20.3 Å². The molecule has 4 unspecified atom stereocenters.